The smallest absolute Gasteiger partial charge is 0.118 e. The quantitative estimate of drug-likeness (QED) is 0.794. The molecule has 0 spiro atoms. The predicted octanol–water partition coefficient (Wildman–Crippen LogP) is 2.05. The summed E-state index contributed by atoms with van der Waals surface area (Å²) in [4.78, 5) is 0. The molecule has 0 saturated carbocycles. The van der Waals surface area contributed by atoms with Crippen molar-refractivity contribution in [3.8, 4) is 5.75 Å². The van der Waals surface area contributed by atoms with E-state index in [4.69, 9.17) is 4.74 Å². The van der Waals surface area contributed by atoms with Crippen LogP contribution in [0.25, 0.3) is 0 Å². The van der Waals surface area contributed by atoms with Crippen LogP contribution in [0.3, 0.4) is 0 Å². The van der Waals surface area contributed by atoms with E-state index < -0.39 is 0 Å². The van der Waals surface area contributed by atoms with Gasteiger partial charge in [-0.05, 0) is 24.6 Å². The summed E-state index contributed by atoms with van der Waals surface area (Å²) in [6, 6.07) is 8.82. The minimum Gasteiger partial charge on any atom is -0.497 e. The molecule has 0 aromatic heterocycles. The first kappa shape index (κ1) is 10.8. The minimum absolute atomic E-state index is 0.577. The van der Waals surface area contributed by atoms with Crippen LogP contribution < -0.4 is 9.46 Å². The van der Waals surface area contributed by atoms with E-state index in [-0.39, 0.29) is 0 Å². The Hall–Kier alpha value is -0.710. The zero-order valence-electron chi connectivity index (χ0n) is 9.06. The largest absolute Gasteiger partial charge is 0.497 e. The molecule has 0 aliphatic carbocycles. The molecule has 1 saturated heterocycles. The Morgan fingerprint density at radius 1 is 1.47 bits per heavy atom. The number of rotatable bonds is 3. The number of hydrogen-bond donors (Lipinski definition) is 1. The molecule has 1 aliphatic heterocycles. The second-order valence-electron chi connectivity index (χ2n) is 3.78. The van der Waals surface area contributed by atoms with E-state index in [1.807, 2.05) is 12.1 Å². The summed E-state index contributed by atoms with van der Waals surface area (Å²) in [6.45, 7) is 4.27. The van der Waals surface area contributed by atoms with Crippen LogP contribution in [0.1, 0.15) is 12.5 Å². The predicted molar refractivity (Wildman–Crippen MR) is 63.6 cm³/mol. The van der Waals surface area contributed by atoms with Crippen LogP contribution >= 0.6 is 12.1 Å². The zero-order chi connectivity index (χ0) is 10.7. The van der Waals surface area contributed by atoms with Gasteiger partial charge in [-0.3, -0.25) is 0 Å². The van der Waals surface area contributed by atoms with Gasteiger partial charge in [0.2, 0.25) is 0 Å². The molecule has 15 heavy (non-hydrogen) atoms. The molecule has 1 atom stereocenters. The molecule has 1 fully saturated rings. The lowest BCUT2D eigenvalue weighted by molar-refractivity contribution is 0.414. The van der Waals surface area contributed by atoms with E-state index in [0.717, 1.165) is 18.8 Å². The van der Waals surface area contributed by atoms with Gasteiger partial charge in [0.15, 0.2) is 0 Å². The van der Waals surface area contributed by atoms with Crippen LogP contribution in [0.4, 0.5) is 0 Å². The molecule has 2 rings (SSSR count). The van der Waals surface area contributed by atoms with Crippen LogP contribution in [0.2, 0.25) is 0 Å². The lowest BCUT2D eigenvalue weighted by Crippen LogP contribution is -2.18. The summed E-state index contributed by atoms with van der Waals surface area (Å²) in [5.74, 6) is 0.916. The van der Waals surface area contributed by atoms with E-state index in [0.29, 0.717) is 6.04 Å². The van der Waals surface area contributed by atoms with Crippen molar-refractivity contribution in [3.63, 3.8) is 0 Å². The van der Waals surface area contributed by atoms with E-state index in [1.54, 1.807) is 19.2 Å². The van der Waals surface area contributed by atoms with Crippen molar-refractivity contribution in [2.24, 2.45) is 0 Å². The molecule has 1 aliphatic rings. The first-order valence-electron chi connectivity index (χ1n) is 5.08. The van der Waals surface area contributed by atoms with Crippen molar-refractivity contribution in [1.29, 1.82) is 0 Å². The first-order chi connectivity index (χ1) is 7.28. The maximum Gasteiger partial charge on any atom is 0.118 e. The monoisotopic (exact) mass is 224 g/mol. The van der Waals surface area contributed by atoms with Crippen molar-refractivity contribution in [2.45, 2.75) is 19.5 Å². The first-order valence-corrected chi connectivity index (χ1v) is 5.85. The highest BCUT2D eigenvalue weighted by atomic mass is 32.2. The number of nitrogens with zero attached hydrogens (tertiary/aromatic N) is 1. The molecule has 1 N–H and O–H groups in total. The van der Waals surface area contributed by atoms with Gasteiger partial charge in [0, 0.05) is 31.3 Å². The molecule has 4 heteroatoms. The second-order valence-corrected chi connectivity index (χ2v) is 4.72. The number of benzene rings is 1. The van der Waals surface area contributed by atoms with Crippen molar-refractivity contribution < 1.29 is 4.74 Å². The molecule has 0 amide bonds. The van der Waals surface area contributed by atoms with Gasteiger partial charge < -0.3 is 4.74 Å². The van der Waals surface area contributed by atoms with Crippen LogP contribution in [0.15, 0.2) is 24.3 Å². The van der Waals surface area contributed by atoms with Gasteiger partial charge in [0.1, 0.15) is 5.75 Å². The summed E-state index contributed by atoms with van der Waals surface area (Å²) < 4.78 is 10.8. The fraction of sp³-hybridized carbons (Fsp3) is 0.455. The zero-order valence-corrected chi connectivity index (χ0v) is 9.88. The van der Waals surface area contributed by atoms with Gasteiger partial charge in [-0.15, -0.1) is 0 Å². The molecule has 1 heterocycles. The molecule has 1 aromatic carbocycles. The van der Waals surface area contributed by atoms with E-state index >= 15 is 0 Å². The summed E-state index contributed by atoms with van der Waals surface area (Å²) in [6.07, 6.45) is 0. The Balaban J connectivity index is 1.93. The van der Waals surface area contributed by atoms with Crippen molar-refractivity contribution in [1.82, 2.24) is 9.03 Å². The number of ether oxygens (including phenoxy) is 1. The molecule has 0 bridgehead atoms. The Morgan fingerprint density at radius 2 is 2.20 bits per heavy atom. The average molecular weight is 224 g/mol. The summed E-state index contributed by atoms with van der Waals surface area (Å²) in [5, 5.41) is 0. The van der Waals surface area contributed by atoms with E-state index in [2.05, 4.69) is 28.1 Å². The third kappa shape index (κ3) is 2.87. The van der Waals surface area contributed by atoms with Crippen molar-refractivity contribution >= 4 is 12.1 Å². The molecular formula is C11H16N2OS. The fourth-order valence-electron chi connectivity index (χ4n) is 1.58. The molecular weight excluding hydrogens is 208 g/mol. The third-order valence-electron chi connectivity index (χ3n) is 2.38. The standard InChI is InChI=1S/C11H16N2OS/c1-9-7-13(15-12-9)8-10-3-5-11(14-2)6-4-10/h3-6,9,12H,7-8H2,1-2H3. The van der Waals surface area contributed by atoms with Crippen LogP contribution in [0.5, 0.6) is 5.75 Å². The van der Waals surface area contributed by atoms with Gasteiger partial charge >= 0.3 is 0 Å². The molecule has 1 unspecified atom stereocenters. The van der Waals surface area contributed by atoms with E-state index in [9.17, 15) is 0 Å². The van der Waals surface area contributed by atoms with Gasteiger partial charge in [-0.25, -0.2) is 9.03 Å². The van der Waals surface area contributed by atoms with Gasteiger partial charge in [-0.1, -0.05) is 12.1 Å². The lowest BCUT2D eigenvalue weighted by Gasteiger charge is -2.12. The van der Waals surface area contributed by atoms with Crippen molar-refractivity contribution in [3.05, 3.63) is 29.8 Å². The van der Waals surface area contributed by atoms with Crippen LogP contribution in [-0.4, -0.2) is 24.0 Å². The highest BCUT2D eigenvalue weighted by Crippen LogP contribution is 2.20. The van der Waals surface area contributed by atoms with Crippen molar-refractivity contribution in [2.75, 3.05) is 13.7 Å². The molecule has 0 radical (unpaired) electrons. The molecule has 3 nitrogen and oxygen atoms in total. The maximum absolute atomic E-state index is 5.13. The normalized spacial score (nSPS) is 21.9. The highest BCUT2D eigenvalue weighted by Gasteiger charge is 2.18. The number of hydrogen-bond acceptors (Lipinski definition) is 4. The Kier molecular flexibility index (Phi) is 3.51. The number of methoxy groups -OCH3 is 1. The van der Waals surface area contributed by atoms with Gasteiger partial charge in [0.25, 0.3) is 0 Å². The summed E-state index contributed by atoms with van der Waals surface area (Å²) >= 11 is 1.71. The Morgan fingerprint density at radius 3 is 2.73 bits per heavy atom. The topological polar surface area (TPSA) is 24.5 Å². The summed E-state index contributed by atoms with van der Waals surface area (Å²) in [5.41, 5.74) is 1.32. The van der Waals surface area contributed by atoms with E-state index in [1.165, 1.54) is 5.56 Å². The Bertz CT molecular complexity index is 315. The fourth-order valence-corrected chi connectivity index (χ4v) is 2.49. The third-order valence-corrected chi connectivity index (χ3v) is 3.42. The minimum atomic E-state index is 0.577. The number of nitrogens with one attached hydrogen (secondary N) is 1. The highest BCUT2D eigenvalue weighted by molar-refractivity contribution is 7.95. The lowest BCUT2D eigenvalue weighted by atomic mass is 10.2. The van der Waals surface area contributed by atoms with Crippen LogP contribution in [0, 0.1) is 0 Å². The van der Waals surface area contributed by atoms with Gasteiger partial charge in [-0.2, -0.15) is 0 Å². The Labute approximate surface area is 95.1 Å². The summed E-state index contributed by atoms with van der Waals surface area (Å²) in [7, 11) is 1.69. The molecule has 1 aromatic rings. The average Bonchev–Trinajstić information content (AvgIpc) is 2.65. The van der Waals surface area contributed by atoms with Gasteiger partial charge in [0.05, 0.1) is 7.11 Å². The maximum atomic E-state index is 5.13. The molecule has 82 valence electrons. The SMILES string of the molecule is COc1ccc(CN2CC(C)NS2)cc1. The van der Waals surface area contributed by atoms with Crippen LogP contribution in [-0.2, 0) is 6.54 Å². The second kappa shape index (κ2) is 4.88.